The highest BCUT2D eigenvalue weighted by Gasteiger charge is 2.15. The molecule has 4 nitrogen and oxygen atoms in total. The summed E-state index contributed by atoms with van der Waals surface area (Å²) < 4.78 is 0.963. The molecule has 130 valence electrons. The topological polar surface area (TPSA) is 66.0 Å². The first kappa shape index (κ1) is 16.8. The fraction of sp³-hybridized carbons (Fsp3) is 0.143. The molecule has 0 saturated heterocycles. The van der Waals surface area contributed by atoms with E-state index in [1.807, 2.05) is 36.4 Å². The Bertz CT molecular complexity index is 1100. The Morgan fingerprint density at radius 3 is 2.62 bits per heavy atom. The minimum Gasteiger partial charge on any atom is -0.477 e. The molecule has 2 N–H and O–H groups in total. The SMILES string of the molecule is O=C(O)c1cc2c([nH]c3ccc(Br)cc32)c(CCCc2ccccc2)n1. The quantitative estimate of drug-likeness (QED) is 0.467. The van der Waals surface area contributed by atoms with Crippen molar-refractivity contribution in [2.24, 2.45) is 0 Å². The van der Waals surface area contributed by atoms with Crippen molar-refractivity contribution in [2.45, 2.75) is 19.3 Å². The maximum Gasteiger partial charge on any atom is 0.354 e. The van der Waals surface area contributed by atoms with E-state index in [1.165, 1.54) is 5.56 Å². The molecular formula is C21H17BrN2O2. The van der Waals surface area contributed by atoms with Crippen molar-refractivity contribution in [2.75, 3.05) is 0 Å². The number of carboxylic acid groups (broad SMARTS) is 1. The second-order valence-electron chi connectivity index (χ2n) is 6.34. The molecule has 2 heterocycles. The van der Waals surface area contributed by atoms with Crippen molar-refractivity contribution >= 4 is 43.7 Å². The molecule has 0 bridgehead atoms. The van der Waals surface area contributed by atoms with Crippen molar-refractivity contribution in [1.82, 2.24) is 9.97 Å². The molecule has 0 spiro atoms. The second-order valence-corrected chi connectivity index (χ2v) is 7.25. The van der Waals surface area contributed by atoms with Gasteiger partial charge in [-0.2, -0.15) is 0 Å². The fourth-order valence-corrected chi connectivity index (χ4v) is 3.69. The number of pyridine rings is 1. The van der Waals surface area contributed by atoms with Crippen molar-refractivity contribution in [3.8, 4) is 0 Å². The Morgan fingerprint density at radius 2 is 1.85 bits per heavy atom. The predicted octanol–water partition coefficient (Wildman–Crippen LogP) is 5.35. The third-order valence-corrected chi connectivity index (χ3v) is 5.06. The minimum absolute atomic E-state index is 0.0908. The first-order chi connectivity index (χ1) is 12.6. The van der Waals surface area contributed by atoms with E-state index in [0.717, 1.165) is 51.2 Å². The fourth-order valence-electron chi connectivity index (χ4n) is 3.33. The summed E-state index contributed by atoms with van der Waals surface area (Å²) in [7, 11) is 0. The lowest BCUT2D eigenvalue weighted by Gasteiger charge is -2.05. The van der Waals surface area contributed by atoms with Gasteiger partial charge >= 0.3 is 5.97 Å². The van der Waals surface area contributed by atoms with Gasteiger partial charge in [-0.15, -0.1) is 0 Å². The van der Waals surface area contributed by atoms with E-state index in [4.69, 9.17) is 0 Å². The number of hydrogen-bond acceptors (Lipinski definition) is 2. The standard InChI is InChI=1S/C21H17BrN2O2/c22-14-9-10-17-15(11-14)16-12-19(21(25)26)23-18(20(16)24-17)8-4-7-13-5-2-1-3-6-13/h1-3,5-6,9-12,24H,4,7-8H2,(H,25,26). The Labute approximate surface area is 159 Å². The molecule has 2 aromatic heterocycles. The number of hydrogen-bond donors (Lipinski definition) is 2. The predicted molar refractivity (Wildman–Crippen MR) is 107 cm³/mol. The lowest BCUT2D eigenvalue weighted by Crippen LogP contribution is -2.04. The number of nitrogens with zero attached hydrogens (tertiary/aromatic N) is 1. The third-order valence-electron chi connectivity index (χ3n) is 4.57. The number of carboxylic acids is 1. The number of rotatable bonds is 5. The third kappa shape index (κ3) is 3.22. The lowest BCUT2D eigenvalue weighted by molar-refractivity contribution is 0.0690. The van der Waals surface area contributed by atoms with Gasteiger partial charge in [-0.25, -0.2) is 9.78 Å². The van der Waals surface area contributed by atoms with Crippen LogP contribution in [-0.2, 0) is 12.8 Å². The van der Waals surface area contributed by atoms with Crippen LogP contribution in [0.1, 0.15) is 28.2 Å². The van der Waals surface area contributed by atoms with Gasteiger partial charge in [0.05, 0.1) is 11.2 Å². The highest BCUT2D eigenvalue weighted by Crippen LogP contribution is 2.30. The van der Waals surface area contributed by atoms with Gasteiger partial charge in [0.2, 0.25) is 0 Å². The first-order valence-electron chi connectivity index (χ1n) is 8.50. The number of aryl methyl sites for hydroxylation is 2. The van der Waals surface area contributed by atoms with E-state index >= 15 is 0 Å². The van der Waals surface area contributed by atoms with E-state index in [0.29, 0.717) is 0 Å². The van der Waals surface area contributed by atoms with Crippen LogP contribution in [0.3, 0.4) is 0 Å². The molecule has 0 fully saturated rings. The van der Waals surface area contributed by atoms with E-state index < -0.39 is 5.97 Å². The van der Waals surface area contributed by atoms with Gasteiger partial charge in [0.15, 0.2) is 0 Å². The van der Waals surface area contributed by atoms with E-state index in [9.17, 15) is 9.90 Å². The number of aromatic nitrogens is 2. The normalized spacial score (nSPS) is 11.3. The Kier molecular flexibility index (Phi) is 4.47. The van der Waals surface area contributed by atoms with Gasteiger partial charge < -0.3 is 10.1 Å². The zero-order valence-corrected chi connectivity index (χ0v) is 15.6. The molecule has 0 radical (unpaired) electrons. The van der Waals surface area contributed by atoms with Crippen LogP contribution in [0, 0.1) is 0 Å². The summed E-state index contributed by atoms with van der Waals surface area (Å²) in [5.74, 6) is -0.999. The average molecular weight is 409 g/mol. The molecule has 0 unspecified atom stereocenters. The van der Waals surface area contributed by atoms with Crippen LogP contribution in [0.5, 0.6) is 0 Å². The Morgan fingerprint density at radius 1 is 1.04 bits per heavy atom. The molecule has 0 aliphatic rings. The Balaban J connectivity index is 1.74. The number of aromatic carboxylic acids is 1. The first-order valence-corrected chi connectivity index (χ1v) is 9.29. The number of nitrogens with one attached hydrogen (secondary N) is 1. The number of benzene rings is 2. The summed E-state index contributed by atoms with van der Waals surface area (Å²) in [5, 5.41) is 11.4. The second kappa shape index (κ2) is 6.92. The van der Waals surface area contributed by atoms with Gasteiger partial charge in [-0.3, -0.25) is 0 Å². The van der Waals surface area contributed by atoms with Crippen molar-refractivity contribution < 1.29 is 9.90 Å². The van der Waals surface area contributed by atoms with E-state index in [1.54, 1.807) is 6.07 Å². The van der Waals surface area contributed by atoms with E-state index in [2.05, 4.69) is 38.0 Å². The molecule has 5 heteroatoms. The maximum atomic E-state index is 11.5. The lowest BCUT2D eigenvalue weighted by atomic mass is 10.0. The highest BCUT2D eigenvalue weighted by atomic mass is 79.9. The average Bonchev–Trinajstić information content (AvgIpc) is 3.00. The zero-order valence-electron chi connectivity index (χ0n) is 14.0. The summed E-state index contributed by atoms with van der Waals surface area (Å²) in [6.07, 6.45) is 2.57. The minimum atomic E-state index is -0.999. The molecule has 0 amide bonds. The zero-order chi connectivity index (χ0) is 18.1. The van der Waals surface area contributed by atoms with Gasteiger partial charge in [-0.1, -0.05) is 46.3 Å². The number of fused-ring (bicyclic) bond motifs is 3. The summed E-state index contributed by atoms with van der Waals surface area (Å²) in [6, 6.07) is 17.9. The number of H-pyrrole nitrogens is 1. The monoisotopic (exact) mass is 408 g/mol. The molecule has 4 rings (SSSR count). The largest absolute Gasteiger partial charge is 0.477 e. The van der Waals surface area contributed by atoms with Gasteiger partial charge in [0.25, 0.3) is 0 Å². The van der Waals surface area contributed by atoms with Gasteiger partial charge in [-0.05, 0) is 49.1 Å². The summed E-state index contributed by atoms with van der Waals surface area (Å²) in [6.45, 7) is 0. The van der Waals surface area contributed by atoms with Crippen LogP contribution < -0.4 is 0 Å². The molecule has 0 saturated carbocycles. The summed E-state index contributed by atoms with van der Waals surface area (Å²) in [5.41, 5.74) is 4.09. The Hall–Kier alpha value is -2.66. The molecular weight excluding hydrogens is 392 g/mol. The van der Waals surface area contributed by atoms with Crippen LogP contribution in [0.15, 0.2) is 59.1 Å². The number of carbonyl (C=O) groups is 1. The van der Waals surface area contributed by atoms with Crippen LogP contribution >= 0.6 is 15.9 Å². The van der Waals surface area contributed by atoms with Crippen LogP contribution in [0.4, 0.5) is 0 Å². The van der Waals surface area contributed by atoms with Crippen LogP contribution in [-0.4, -0.2) is 21.0 Å². The van der Waals surface area contributed by atoms with Crippen LogP contribution in [0.2, 0.25) is 0 Å². The molecule has 0 atom stereocenters. The van der Waals surface area contributed by atoms with Crippen molar-refractivity contribution in [3.63, 3.8) is 0 Å². The summed E-state index contributed by atoms with van der Waals surface area (Å²) in [4.78, 5) is 19.4. The molecule has 26 heavy (non-hydrogen) atoms. The molecule has 0 aliphatic carbocycles. The number of halogens is 1. The van der Waals surface area contributed by atoms with Gasteiger partial charge in [0, 0.05) is 20.8 Å². The van der Waals surface area contributed by atoms with Crippen molar-refractivity contribution in [3.05, 3.63) is 76.0 Å². The molecule has 2 aromatic carbocycles. The maximum absolute atomic E-state index is 11.5. The van der Waals surface area contributed by atoms with E-state index in [-0.39, 0.29) is 5.69 Å². The molecule has 0 aliphatic heterocycles. The highest BCUT2D eigenvalue weighted by molar-refractivity contribution is 9.10. The van der Waals surface area contributed by atoms with Gasteiger partial charge in [0.1, 0.15) is 5.69 Å². The summed E-state index contributed by atoms with van der Waals surface area (Å²) >= 11 is 3.49. The smallest absolute Gasteiger partial charge is 0.354 e. The van der Waals surface area contributed by atoms with Crippen LogP contribution in [0.25, 0.3) is 21.8 Å². The molecule has 4 aromatic rings. The van der Waals surface area contributed by atoms with Crippen molar-refractivity contribution in [1.29, 1.82) is 0 Å². The number of aromatic amines is 1.